The molecule has 236 valence electrons. The molecule has 8 nitrogen and oxygen atoms in total. The summed E-state index contributed by atoms with van der Waals surface area (Å²) in [6.07, 6.45) is 0.170. The lowest BCUT2D eigenvalue weighted by Gasteiger charge is -2.34. The number of anilines is 1. The molecule has 0 radical (unpaired) electrons. The second-order valence-electron chi connectivity index (χ2n) is 10.0. The van der Waals surface area contributed by atoms with Gasteiger partial charge in [0.25, 0.3) is 10.0 Å². The third kappa shape index (κ3) is 8.49. The minimum Gasteiger partial charge on any atom is -0.495 e. The van der Waals surface area contributed by atoms with Gasteiger partial charge in [-0.1, -0.05) is 89.4 Å². The minimum absolute atomic E-state index is 0.0263. The average Bonchev–Trinajstić information content (AvgIpc) is 3.03. The first kappa shape index (κ1) is 34.1. The molecule has 0 aliphatic rings. The zero-order chi connectivity index (χ0) is 32.6. The second kappa shape index (κ2) is 15.5. The number of rotatable bonds is 13. The number of halogens is 3. The number of nitrogens with one attached hydrogen (secondary N) is 1. The molecule has 4 aromatic rings. The van der Waals surface area contributed by atoms with Crippen molar-refractivity contribution in [2.24, 2.45) is 0 Å². The summed E-state index contributed by atoms with van der Waals surface area (Å²) in [5.41, 5.74) is 1.48. The van der Waals surface area contributed by atoms with Gasteiger partial charge < -0.3 is 15.0 Å². The Morgan fingerprint density at radius 3 is 2.13 bits per heavy atom. The fraction of sp³-hybridized carbons (Fsp3) is 0.212. The van der Waals surface area contributed by atoms with Crippen LogP contribution in [0.5, 0.6) is 5.75 Å². The number of hydrogen-bond acceptors (Lipinski definition) is 5. The molecule has 0 saturated carbocycles. The Kier molecular flexibility index (Phi) is 11.7. The molecule has 0 aliphatic heterocycles. The number of carbonyl (C=O) groups excluding carboxylic acids is 2. The summed E-state index contributed by atoms with van der Waals surface area (Å²) >= 11 is 19.1. The van der Waals surface area contributed by atoms with Crippen LogP contribution in [0.3, 0.4) is 0 Å². The first-order valence-electron chi connectivity index (χ1n) is 14.0. The van der Waals surface area contributed by atoms with Crippen LogP contribution in [-0.4, -0.2) is 51.4 Å². The van der Waals surface area contributed by atoms with Crippen LogP contribution < -0.4 is 14.4 Å². The van der Waals surface area contributed by atoms with Crippen LogP contribution in [0.4, 0.5) is 5.69 Å². The molecular weight excluding hydrogens is 657 g/mol. The summed E-state index contributed by atoms with van der Waals surface area (Å²) < 4.78 is 34.4. The smallest absolute Gasteiger partial charge is 0.264 e. The Hall–Kier alpha value is -3.76. The van der Waals surface area contributed by atoms with E-state index in [1.807, 2.05) is 30.3 Å². The number of sulfonamides is 1. The van der Waals surface area contributed by atoms with Crippen molar-refractivity contribution in [3.05, 3.63) is 123 Å². The minimum atomic E-state index is -4.28. The van der Waals surface area contributed by atoms with Crippen molar-refractivity contribution in [2.45, 2.75) is 30.8 Å². The third-order valence-corrected chi connectivity index (χ3v) is 9.68. The van der Waals surface area contributed by atoms with Gasteiger partial charge >= 0.3 is 0 Å². The largest absolute Gasteiger partial charge is 0.495 e. The van der Waals surface area contributed by atoms with E-state index >= 15 is 0 Å². The van der Waals surface area contributed by atoms with Crippen LogP contribution >= 0.6 is 34.8 Å². The molecule has 12 heteroatoms. The molecule has 1 N–H and O–H groups in total. The normalized spacial score (nSPS) is 11.8. The van der Waals surface area contributed by atoms with Gasteiger partial charge in [0.15, 0.2) is 0 Å². The van der Waals surface area contributed by atoms with Crippen molar-refractivity contribution >= 4 is 62.3 Å². The van der Waals surface area contributed by atoms with E-state index in [2.05, 4.69) is 5.32 Å². The van der Waals surface area contributed by atoms with E-state index in [0.29, 0.717) is 27.9 Å². The lowest BCUT2D eigenvalue weighted by atomic mass is 10.0. The molecule has 2 amide bonds. The van der Waals surface area contributed by atoms with Crippen molar-refractivity contribution in [1.29, 1.82) is 0 Å². The van der Waals surface area contributed by atoms with Crippen molar-refractivity contribution in [1.82, 2.24) is 10.2 Å². The predicted molar refractivity (Wildman–Crippen MR) is 179 cm³/mol. The maximum Gasteiger partial charge on any atom is 0.264 e. The molecule has 0 heterocycles. The van der Waals surface area contributed by atoms with E-state index < -0.39 is 34.4 Å². The molecule has 4 rings (SSSR count). The molecule has 0 aromatic heterocycles. The van der Waals surface area contributed by atoms with Gasteiger partial charge in [0.2, 0.25) is 11.8 Å². The molecule has 0 aliphatic carbocycles. The Bertz CT molecular complexity index is 1740. The Balaban J connectivity index is 1.83. The number of nitrogens with zero attached hydrogens (tertiary/aromatic N) is 2. The van der Waals surface area contributed by atoms with Crippen molar-refractivity contribution in [3.8, 4) is 5.75 Å². The maximum atomic E-state index is 14.4. The number of ether oxygens (including phenoxy) is 1. The van der Waals surface area contributed by atoms with Crippen LogP contribution in [0, 0.1) is 0 Å². The van der Waals surface area contributed by atoms with E-state index in [9.17, 15) is 18.0 Å². The zero-order valence-electron chi connectivity index (χ0n) is 24.6. The number of likely N-dealkylation sites (N-methyl/N-ethyl adjacent to an activating group) is 1. The molecule has 1 unspecified atom stereocenters. The summed E-state index contributed by atoms with van der Waals surface area (Å²) in [4.78, 5) is 29.4. The van der Waals surface area contributed by atoms with Gasteiger partial charge in [0.1, 0.15) is 18.3 Å². The maximum absolute atomic E-state index is 14.4. The third-order valence-electron chi connectivity index (χ3n) is 7.01. The van der Waals surface area contributed by atoms with Gasteiger partial charge in [0.05, 0.1) is 22.7 Å². The van der Waals surface area contributed by atoms with Gasteiger partial charge in [-0.15, -0.1) is 0 Å². The highest BCUT2D eigenvalue weighted by molar-refractivity contribution is 7.92. The first-order valence-corrected chi connectivity index (χ1v) is 16.6. The van der Waals surface area contributed by atoms with E-state index in [0.717, 1.165) is 9.87 Å². The highest BCUT2D eigenvalue weighted by Crippen LogP contribution is 2.32. The summed E-state index contributed by atoms with van der Waals surface area (Å²) in [5.74, 6) is -0.702. The van der Waals surface area contributed by atoms with E-state index in [4.69, 9.17) is 39.5 Å². The van der Waals surface area contributed by atoms with Crippen LogP contribution in [0.15, 0.2) is 102 Å². The number of amides is 2. The van der Waals surface area contributed by atoms with Crippen molar-refractivity contribution < 1.29 is 22.7 Å². The Labute approximate surface area is 278 Å². The number of carbonyl (C=O) groups is 2. The van der Waals surface area contributed by atoms with E-state index in [1.165, 1.54) is 42.3 Å². The average molecular weight is 689 g/mol. The number of methoxy groups -OCH3 is 1. The van der Waals surface area contributed by atoms with E-state index in [1.54, 1.807) is 43.3 Å². The molecular formula is C33H32Cl3N3O5S. The fourth-order valence-electron chi connectivity index (χ4n) is 4.74. The summed E-state index contributed by atoms with van der Waals surface area (Å²) in [5, 5.41) is 3.68. The Morgan fingerprint density at radius 1 is 0.867 bits per heavy atom. The zero-order valence-corrected chi connectivity index (χ0v) is 27.7. The van der Waals surface area contributed by atoms with Gasteiger partial charge in [-0.05, 0) is 60.5 Å². The van der Waals surface area contributed by atoms with Crippen LogP contribution in [0.1, 0.15) is 18.1 Å². The van der Waals surface area contributed by atoms with Gasteiger partial charge in [-0.25, -0.2) is 8.42 Å². The lowest BCUT2D eigenvalue weighted by molar-refractivity contribution is -0.140. The first-order chi connectivity index (χ1) is 21.5. The predicted octanol–water partition coefficient (Wildman–Crippen LogP) is 6.63. The molecule has 45 heavy (non-hydrogen) atoms. The molecule has 0 saturated heterocycles. The standard InChI is InChI=1S/C33H32Cl3N3O5S/c1-3-37-33(41)30(18-23-10-6-4-7-11-23)38(21-24-14-15-25(34)19-28(24)35)32(40)22-39(26-16-17-31(44-2)29(36)20-26)45(42,43)27-12-8-5-9-13-27/h4-17,19-20,30H,3,18,21-22H2,1-2H3,(H,37,41). The molecule has 0 spiro atoms. The monoisotopic (exact) mass is 687 g/mol. The van der Waals surface area contributed by atoms with Crippen LogP contribution in [-0.2, 0) is 32.6 Å². The molecule has 0 fully saturated rings. The second-order valence-corrected chi connectivity index (χ2v) is 13.1. The van der Waals surface area contributed by atoms with Crippen molar-refractivity contribution in [2.75, 3.05) is 24.5 Å². The van der Waals surface area contributed by atoms with Gasteiger partial charge in [-0.3, -0.25) is 13.9 Å². The number of hydrogen-bond donors (Lipinski definition) is 1. The molecule has 4 aromatic carbocycles. The van der Waals surface area contributed by atoms with Gasteiger partial charge in [-0.2, -0.15) is 0 Å². The Morgan fingerprint density at radius 2 is 1.53 bits per heavy atom. The highest BCUT2D eigenvalue weighted by Gasteiger charge is 2.35. The van der Waals surface area contributed by atoms with E-state index in [-0.39, 0.29) is 28.6 Å². The summed E-state index contributed by atoms with van der Waals surface area (Å²) in [6, 6.07) is 25.3. The highest BCUT2D eigenvalue weighted by atomic mass is 35.5. The van der Waals surface area contributed by atoms with Crippen LogP contribution in [0.25, 0.3) is 0 Å². The fourth-order valence-corrected chi connectivity index (χ4v) is 6.89. The van der Waals surface area contributed by atoms with Gasteiger partial charge in [0, 0.05) is 29.6 Å². The topological polar surface area (TPSA) is 96.0 Å². The van der Waals surface area contributed by atoms with Crippen LogP contribution in [0.2, 0.25) is 15.1 Å². The molecule has 0 bridgehead atoms. The summed E-state index contributed by atoms with van der Waals surface area (Å²) in [7, 11) is -2.84. The SMILES string of the molecule is CCNC(=O)C(Cc1ccccc1)N(Cc1ccc(Cl)cc1Cl)C(=O)CN(c1ccc(OC)c(Cl)c1)S(=O)(=O)c1ccccc1. The number of benzene rings is 4. The summed E-state index contributed by atoms with van der Waals surface area (Å²) in [6.45, 7) is 1.37. The quantitative estimate of drug-likeness (QED) is 0.170. The van der Waals surface area contributed by atoms with Crippen molar-refractivity contribution in [3.63, 3.8) is 0 Å². The lowest BCUT2D eigenvalue weighted by Crippen LogP contribution is -2.53. The molecule has 1 atom stereocenters.